The Kier molecular flexibility index (Phi) is 7.18. The monoisotopic (exact) mass is 402 g/mol. The molecule has 0 aromatic heterocycles. The van der Waals surface area contributed by atoms with E-state index in [-0.39, 0.29) is 11.8 Å². The molecule has 27 heavy (non-hydrogen) atoms. The van der Waals surface area contributed by atoms with Gasteiger partial charge in [0.2, 0.25) is 11.8 Å². The second kappa shape index (κ2) is 9.81. The van der Waals surface area contributed by atoms with Crippen LogP contribution in [0.25, 0.3) is 0 Å². The highest BCUT2D eigenvalue weighted by molar-refractivity contribution is 8.00. The number of thioether (sulfide) groups is 1. The maximum absolute atomic E-state index is 12.9. The minimum absolute atomic E-state index is 0.00876. The molecular formula is C21H23ClN2O2S. The lowest BCUT2D eigenvalue weighted by Crippen LogP contribution is -2.47. The van der Waals surface area contributed by atoms with Gasteiger partial charge in [-0.2, -0.15) is 0 Å². The average molecular weight is 403 g/mol. The van der Waals surface area contributed by atoms with E-state index in [0.717, 1.165) is 23.3 Å². The Hall–Kier alpha value is -1.98. The van der Waals surface area contributed by atoms with Gasteiger partial charge in [-0.15, -0.1) is 11.8 Å². The van der Waals surface area contributed by atoms with E-state index in [0.29, 0.717) is 30.3 Å². The van der Waals surface area contributed by atoms with Crippen molar-refractivity contribution in [3.63, 3.8) is 0 Å². The Morgan fingerprint density at radius 3 is 2.74 bits per heavy atom. The van der Waals surface area contributed by atoms with Crippen molar-refractivity contribution in [2.24, 2.45) is 0 Å². The molecule has 2 aromatic carbocycles. The van der Waals surface area contributed by atoms with Gasteiger partial charge in [-0.05, 0) is 49.1 Å². The van der Waals surface area contributed by atoms with Crippen molar-refractivity contribution in [1.29, 1.82) is 0 Å². The quantitative estimate of drug-likeness (QED) is 0.739. The van der Waals surface area contributed by atoms with Crippen LogP contribution >= 0.6 is 23.4 Å². The van der Waals surface area contributed by atoms with Crippen LogP contribution in [0.15, 0.2) is 59.5 Å². The largest absolute Gasteiger partial charge is 0.344 e. The lowest BCUT2D eigenvalue weighted by atomic mass is 10.1. The predicted octanol–water partition coefficient (Wildman–Crippen LogP) is 4.13. The highest BCUT2D eigenvalue weighted by Crippen LogP contribution is 2.19. The number of rotatable bonds is 6. The van der Waals surface area contributed by atoms with Crippen LogP contribution in [-0.4, -0.2) is 35.1 Å². The summed E-state index contributed by atoms with van der Waals surface area (Å²) in [5, 5.41) is 3.59. The zero-order chi connectivity index (χ0) is 19.1. The highest BCUT2D eigenvalue weighted by Gasteiger charge is 2.28. The van der Waals surface area contributed by atoms with E-state index < -0.39 is 6.04 Å². The number of likely N-dealkylation sites (tertiary alicyclic amines) is 1. The van der Waals surface area contributed by atoms with Crippen LogP contribution < -0.4 is 5.32 Å². The molecule has 0 spiro atoms. The van der Waals surface area contributed by atoms with Crippen LogP contribution in [0.3, 0.4) is 0 Å². The fraction of sp³-hybridized carbons (Fsp3) is 0.333. The molecule has 0 aliphatic carbocycles. The van der Waals surface area contributed by atoms with Crippen molar-refractivity contribution in [3.8, 4) is 0 Å². The second-order valence-electron chi connectivity index (χ2n) is 6.61. The van der Waals surface area contributed by atoms with Crippen LogP contribution in [0.5, 0.6) is 0 Å². The Morgan fingerprint density at radius 2 is 1.96 bits per heavy atom. The number of hydrogen-bond acceptors (Lipinski definition) is 3. The molecule has 1 N–H and O–H groups in total. The molecule has 1 atom stereocenters. The minimum atomic E-state index is -0.449. The van der Waals surface area contributed by atoms with E-state index in [1.165, 1.54) is 11.8 Å². The number of nitrogens with zero attached hydrogens (tertiary/aromatic N) is 1. The first kappa shape index (κ1) is 19.8. The summed E-state index contributed by atoms with van der Waals surface area (Å²) in [6.07, 6.45) is 2.55. The molecular weight excluding hydrogens is 380 g/mol. The molecule has 0 bridgehead atoms. The molecule has 1 unspecified atom stereocenters. The van der Waals surface area contributed by atoms with Crippen LogP contribution in [-0.2, 0) is 16.1 Å². The van der Waals surface area contributed by atoms with Gasteiger partial charge in [-0.1, -0.05) is 41.9 Å². The lowest BCUT2D eigenvalue weighted by molar-refractivity contribution is -0.136. The van der Waals surface area contributed by atoms with Gasteiger partial charge in [-0.3, -0.25) is 9.59 Å². The Balaban J connectivity index is 1.57. The lowest BCUT2D eigenvalue weighted by Gasteiger charge is -2.25. The zero-order valence-corrected chi connectivity index (χ0v) is 16.6. The molecule has 3 rings (SSSR count). The average Bonchev–Trinajstić information content (AvgIpc) is 2.83. The summed E-state index contributed by atoms with van der Waals surface area (Å²) < 4.78 is 0. The molecule has 2 amide bonds. The molecule has 1 aliphatic heterocycles. The summed E-state index contributed by atoms with van der Waals surface area (Å²) in [6, 6.07) is 16.9. The fourth-order valence-electron chi connectivity index (χ4n) is 3.15. The van der Waals surface area contributed by atoms with Gasteiger partial charge in [0.05, 0.1) is 5.75 Å². The SMILES string of the molecule is O=C(CSc1ccccc1)NC1CCCCN(Cc2cccc(Cl)c2)C1=O. The zero-order valence-electron chi connectivity index (χ0n) is 15.1. The molecule has 2 aromatic rings. The number of hydrogen-bond donors (Lipinski definition) is 1. The van der Waals surface area contributed by atoms with E-state index >= 15 is 0 Å². The number of halogens is 1. The van der Waals surface area contributed by atoms with Gasteiger partial charge in [-0.25, -0.2) is 0 Å². The first-order valence-corrected chi connectivity index (χ1v) is 10.5. The number of amides is 2. The first-order valence-electron chi connectivity index (χ1n) is 9.12. The third-order valence-corrected chi connectivity index (χ3v) is 5.74. The summed E-state index contributed by atoms with van der Waals surface area (Å²) in [5.41, 5.74) is 1.00. The third kappa shape index (κ3) is 6.01. The van der Waals surface area contributed by atoms with Gasteiger partial charge in [0, 0.05) is 23.0 Å². The van der Waals surface area contributed by atoms with Crippen molar-refractivity contribution < 1.29 is 9.59 Å². The summed E-state index contributed by atoms with van der Waals surface area (Å²) in [6.45, 7) is 1.22. The standard InChI is InChI=1S/C21H23ClN2O2S/c22-17-8-6-7-16(13-17)14-24-12-5-4-11-19(21(24)26)23-20(25)15-27-18-9-2-1-3-10-18/h1-3,6-10,13,19H,4-5,11-12,14-15H2,(H,23,25). The summed E-state index contributed by atoms with van der Waals surface area (Å²) in [7, 11) is 0. The van der Waals surface area contributed by atoms with Gasteiger partial charge in [0.25, 0.3) is 0 Å². The molecule has 6 heteroatoms. The van der Waals surface area contributed by atoms with Crippen LogP contribution in [0.1, 0.15) is 24.8 Å². The summed E-state index contributed by atoms with van der Waals surface area (Å²) in [5.74, 6) is 0.194. The Morgan fingerprint density at radius 1 is 1.15 bits per heavy atom. The maximum Gasteiger partial charge on any atom is 0.245 e. The van der Waals surface area contributed by atoms with Gasteiger partial charge < -0.3 is 10.2 Å². The number of carbonyl (C=O) groups excluding carboxylic acids is 2. The van der Waals surface area contributed by atoms with Crippen molar-refractivity contribution in [3.05, 3.63) is 65.2 Å². The third-order valence-electron chi connectivity index (χ3n) is 4.49. The molecule has 1 heterocycles. The molecule has 4 nitrogen and oxygen atoms in total. The van der Waals surface area contributed by atoms with E-state index in [4.69, 9.17) is 11.6 Å². The molecule has 1 aliphatic rings. The van der Waals surface area contributed by atoms with Crippen molar-refractivity contribution >= 4 is 35.2 Å². The van der Waals surface area contributed by atoms with Gasteiger partial charge >= 0.3 is 0 Å². The van der Waals surface area contributed by atoms with Gasteiger partial charge in [0.15, 0.2) is 0 Å². The smallest absolute Gasteiger partial charge is 0.245 e. The number of carbonyl (C=O) groups is 2. The molecule has 1 fully saturated rings. The van der Waals surface area contributed by atoms with Crippen molar-refractivity contribution in [2.75, 3.05) is 12.3 Å². The van der Waals surface area contributed by atoms with Crippen LogP contribution in [0.2, 0.25) is 5.02 Å². The Labute approximate surface area is 169 Å². The summed E-state index contributed by atoms with van der Waals surface area (Å²) >= 11 is 7.53. The van der Waals surface area contributed by atoms with Crippen LogP contribution in [0, 0.1) is 0 Å². The van der Waals surface area contributed by atoms with Crippen molar-refractivity contribution in [2.45, 2.75) is 36.7 Å². The molecule has 0 saturated carbocycles. The normalized spacial score (nSPS) is 17.4. The minimum Gasteiger partial charge on any atom is -0.344 e. The Bertz CT molecular complexity index is 785. The van der Waals surface area contributed by atoms with E-state index in [1.807, 2.05) is 59.5 Å². The number of nitrogens with one attached hydrogen (secondary N) is 1. The molecule has 0 radical (unpaired) electrons. The fourth-order valence-corrected chi connectivity index (χ4v) is 4.10. The van der Waals surface area contributed by atoms with Crippen molar-refractivity contribution in [1.82, 2.24) is 10.2 Å². The summed E-state index contributed by atoms with van der Waals surface area (Å²) in [4.78, 5) is 28.1. The van der Waals surface area contributed by atoms with Crippen LogP contribution in [0.4, 0.5) is 0 Å². The highest BCUT2D eigenvalue weighted by atomic mass is 35.5. The van der Waals surface area contributed by atoms with E-state index in [9.17, 15) is 9.59 Å². The van der Waals surface area contributed by atoms with Gasteiger partial charge in [0.1, 0.15) is 6.04 Å². The molecule has 142 valence electrons. The predicted molar refractivity (Wildman–Crippen MR) is 110 cm³/mol. The second-order valence-corrected chi connectivity index (χ2v) is 8.09. The first-order chi connectivity index (χ1) is 13.1. The van der Waals surface area contributed by atoms with E-state index in [2.05, 4.69) is 5.32 Å². The van der Waals surface area contributed by atoms with E-state index in [1.54, 1.807) is 0 Å². The molecule has 1 saturated heterocycles. The number of benzene rings is 2. The topological polar surface area (TPSA) is 49.4 Å². The maximum atomic E-state index is 12.9.